The summed E-state index contributed by atoms with van der Waals surface area (Å²) in [5.74, 6) is 0.973. The summed E-state index contributed by atoms with van der Waals surface area (Å²) in [6.07, 6.45) is 3.59. The number of methoxy groups -OCH3 is 2. The van der Waals surface area contributed by atoms with Crippen LogP contribution >= 0.6 is 0 Å². The van der Waals surface area contributed by atoms with Crippen LogP contribution in [0.3, 0.4) is 0 Å². The number of nitrogens with one attached hydrogen (secondary N) is 1. The normalized spacial score (nSPS) is 20.1. The summed E-state index contributed by atoms with van der Waals surface area (Å²) in [6, 6.07) is 0. The van der Waals surface area contributed by atoms with Crippen molar-refractivity contribution in [1.29, 1.82) is 0 Å². The van der Waals surface area contributed by atoms with Gasteiger partial charge in [-0.3, -0.25) is 5.43 Å². The van der Waals surface area contributed by atoms with E-state index in [2.05, 4.69) is 20.5 Å². The van der Waals surface area contributed by atoms with E-state index in [-0.39, 0.29) is 6.10 Å². The van der Waals surface area contributed by atoms with Crippen LogP contribution in [0.25, 0.3) is 6.08 Å². The highest BCUT2D eigenvalue weighted by Crippen LogP contribution is 2.29. The van der Waals surface area contributed by atoms with Crippen molar-refractivity contribution < 1.29 is 9.47 Å². The van der Waals surface area contributed by atoms with E-state index in [4.69, 9.17) is 9.47 Å². The monoisotopic (exact) mass is 218 g/mol. The molecule has 16 heavy (non-hydrogen) atoms. The Kier molecular flexibility index (Phi) is 1.90. The Hall–Kier alpha value is -1.95. The first-order valence-electron chi connectivity index (χ1n) is 4.84. The second kappa shape index (κ2) is 3.28. The Bertz CT molecular complexity index is 510. The topological polar surface area (TPSA) is 68.6 Å². The van der Waals surface area contributed by atoms with E-state index in [0.717, 1.165) is 11.4 Å². The fraction of sp³-hybridized carbons (Fsp3) is 0.300. The van der Waals surface area contributed by atoms with Crippen LogP contribution in [0.15, 0.2) is 11.2 Å². The van der Waals surface area contributed by atoms with E-state index in [1.807, 2.05) is 12.2 Å². The van der Waals surface area contributed by atoms with Gasteiger partial charge in [-0.15, -0.1) is 0 Å². The van der Waals surface area contributed by atoms with Crippen molar-refractivity contribution in [3.05, 3.63) is 17.5 Å². The molecule has 6 nitrogen and oxygen atoms in total. The van der Waals surface area contributed by atoms with Gasteiger partial charge in [0.2, 0.25) is 5.82 Å². The van der Waals surface area contributed by atoms with Crippen LogP contribution in [0.1, 0.15) is 11.4 Å². The summed E-state index contributed by atoms with van der Waals surface area (Å²) in [5.41, 5.74) is 5.05. The molecule has 1 aliphatic carbocycles. The summed E-state index contributed by atoms with van der Waals surface area (Å²) in [4.78, 5) is 8.72. The van der Waals surface area contributed by atoms with Gasteiger partial charge < -0.3 is 9.47 Å². The highest BCUT2D eigenvalue weighted by atomic mass is 16.5. The van der Waals surface area contributed by atoms with Crippen molar-refractivity contribution in [2.75, 3.05) is 19.6 Å². The molecule has 82 valence electrons. The van der Waals surface area contributed by atoms with E-state index in [1.165, 1.54) is 0 Å². The lowest BCUT2D eigenvalue weighted by Crippen LogP contribution is -2.26. The number of hydrazone groups is 1. The zero-order chi connectivity index (χ0) is 11.1. The molecule has 4 rings (SSSR count). The quantitative estimate of drug-likeness (QED) is 0.789. The summed E-state index contributed by atoms with van der Waals surface area (Å²) in [7, 11) is 3.19. The van der Waals surface area contributed by atoms with Crippen molar-refractivity contribution in [1.82, 2.24) is 9.97 Å². The average molecular weight is 218 g/mol. The lowest BCUT2D eigenvalue weighted by Gasteiger charge is -2.16. The van der Waals surface area contributed by atoms with Gasteiger partial charge in [-0.25, -0.2) is 9.97 Å². The fourth-order valence-corrected chi connectivity index (χ4v) is 1.78. The average Bonchev–Trinajstić information content (AvgIpc) is 2.57. The molecule has 0 aromatic carbocycles. The second-order valence-electron chi connectivity index (χ2n) is 3.44. The molecule has 0 amide bonds. The first-order chi connectivity index (χ1) is 7.83. The molecule has 0 spiro atoms. The molecule has 1 aromatic heterocycles. The third-order valence-corrected chi connectivity index (χ3v) is 2.56. The third-order valence-electron chi connectivity index (χ3n) is 2.56. The first kappa shape index (κ1) is 9.29. The molecule has 4 bridgehead atoms. The van der Waals surface area contributed by atoms with Crippen molar-refractivity contribution in [3.63, 3.8) is 0 Å². The van der Waals surface area contributed by atoms with Crippen molar-refractivity contribution in [2.45, 2.75) is 6.10 Å². The van der Waals surface area contributed by atoms with Crippen LogP contribution in [0.2, 0.25) is 0 Å². The number of ether oxygens (including phenoxy) is 2. The number of rotatable bonds is 2. The van der Waals surface area contributed by atoms with Gasteiger partial charge in [0.1, 0.15) is 17.5 Å². The number of nitrogens with zero attached hydrogens (tertiary/aromatic N) is 3. The van der Waals surface area contributed by atoms with Crippen molar-refractivity contribution >= 4 is 17.6 Å². The van der Waals surface area contributed by atoms with Crippen molar-refractivity contribution in [3.8, 4) is 5.88 Å². The molecule has 1 N–H and O–H groups in total. The van der Waals surface area contributed by atoms with Crippen LogP contribution < -0.4 is 10.2 Å². The number of anilines is 1. The van der Waals surface area contributed by atoms with Gasteiger partial charge >= 0.3 is 0 Å². The zero-order valence-corrected chi connectivity index (χ0v) is 8.89. The molecule has 0 radical (unpaired) electrons. The predicted octanol–water partition coefficient (Wildman–Crippen LogP) is 0.657. The lowest BCUT2D eigenvalue weighted by molar-refractivity contribution is 0.191. The molecule has 1 unspecified atom stereocenters. The number of hydrogen-bond donors (Lipinski definition) is 1. The SMILES string of the molecule is COc1nc2c3nc1NN=C2C(OC)C=C3. The molecule has 1 aromatic rings. The number of aromatic nitrogens is 2. The minimum Gasteiger partial charge on any atom is -0.478 e. The smallest absolute Gasteiger partial charge is 0.259 e. The Morgan fingerprint density at radius 1 is 1.31 bits per heavy atom. The third kappa shape index (κ3) is 1.13. The number of fused-ring (bicyclic) bond motifs is 2. The van der Waals surface area contributed by atoms with Gasteiger partial charge in [-0.1, -0.05) is 0 Å². The summed E-state index contributed by atoms with van der Waals surface area (Å²) >= 11 is 0. The highest BCUT2D eigenvalue weighted by Gasteiger charge is 2.28. The predicted molar refractivity (Wildman–Crippen MR) is 58.6 cm³/mol. The molecule has 0 fully saturated rings. The Balaban J connectivity index is 2.22. The molecular weight excluding hydrogens is 208 g/mol. The molecule has 1 atom stereocenters. The Morgan fingerprint density at radius 2 is 2.19 bits per heavy atom. The van der Waals surface area contributed by atoms with E-state index in [9.17, 15) is 0 Å². The summed E-state index contributed by atoms with van der Waals surface area (Å²) in [5, 5.41) is 4.23. The Labute approximate surface area is 92.0 Å². The molecule has 6 heteroatoms. The van der Waals surface area contributed by atoms with Gasteiger partial charge in [0.15, 0.2) is 0 Å². The zero-order valence-electron chi connectivity index (χ0n) is 8.89. The molecule has 2 aliphatic heterocycles. The van der Waals surface area contributed by atoms with Crippen LogP contribution in [-0.2, 0) is 4.74 Å². The lowest BCUT2D eigenvalue weighted by atomic mass is 10.0. The highest BCUT2D eigenvalue weighted by molar-refractivity contribution is 6.09. The van der Waals surface area contributed by atoms with Crippen LogP contribution in [0.4, 0.5) is 5.82 Å². The maximum Gasteiger partial charge on any atom is 0.259 e. The summed E-state index contributed by atoms with van der Waals surface area (Å²) < 4.78 is 10.4. The standard InChI is InChI=1S/C10H10N4O2/c1-15-6-4-3-5-7-8(6)13-14-9(11-5)10(12-7)16-2/h3-4,6H,1-2H3,(H,11,14). The first-order valence-corrected chi connectivity index (χ1v) is 4.84. The molecule has 3 heterocycles. The van der Waals surface area contributed by atoms with E-state index < -0.39 is 0 Å². The van der Waals surface area contributed by atoms with Crippen LogP contribution in [0, 0.1) is 0 Å². The van der Waals surface area contributed by atoms with Gasteiger partial charge in [0.25, 0.3) is 5.88 Å². The van der Waals surface area contributed by atoms with Crippen LogP contribution in [0.5, 0.6) is 5.88 Å². The second-order valence-corrected chi connectivity index (χ2v) is 3.44. The van der Waals surface area contributed by atoms with E-state index >= 15 is 0 Å². The fourth-order valence-electron chi connectivity index (χ4n) is 1.78. The number of hydrogen-bond acceptors (Lipinski definition) is 6. The molecule has 0 saturated carbocycles. The van der Waals surface area contributed by atoms with Gasteiger partial charge in [-0.2, -0.15) is 5.10 Å². The van der Waals surface area contributed by atoms with Gasteiger partial charge in [-0.05, 0) is 12.2 Å². The Morgan fingerprint density at radius 3 is 2.94 bits per heavy atom. The van der Waals surface area contributed by atoms with E-state index in [1.54, 1.807) is 14.2 Å². The van der Waals surface area contributed by atoms with Gasteiger partial charge in [0, 0.05) is 7.11 Å². The summed E-state index contributed by atoms with van der Waals surface area (Å²) in [6.45, 7) is 0. The maximum atomic E-state index is 5.30. The van der Waals surface area contributed by atoms with Crippen LogP contribution in [-0.4, -0.2) is 36.0 Å². The van der Waals surface area contributed by atoms with Crippen molar-refractivity contribution in [2.24, 2.45) is 5.10 Å². The molecular formula is C10H10N4O2. The largest absolute Gasteiger partial charge is 0.478 e. The maximum absolute atomic E-state index is 5.30. The van der Waals surface area contributed by atoms with Gasteiger partial charge in [0.05, 0.1) is 12.8 Å². The molecule has 3 aliphatic rings. The molecule has 0 saturated heterocycles. The van der Waals surface area contributed by atoms with E-state index in [0.29, 0.717) is 17.4 Å². The minimum atomic E-state index is -0.194. The minimum absolute atomic E-state index is 0.194.